The molecule has 19 heavy (non-hydrogen) atoms. The Morgan fingerprint density at radius 2 is 2.16 bits per heavy atom. The zero-order chi connectivity index (χ0) is 13.3. The van der Waals surface area contributed by atoms with Gasteiger partial charge in [-0.15, -0.1) is 0 Å². The highest BCUT2D eigenvalue weighted by atomic mass is 32.2. The summed E-state index contributed by atoms with van der Waals surface area (Å²) in [7, 11) is 0. The van der Waals surface area contributed by atoms with Crippen LogP contribution in [0.3, 0.4) is 0 Å². The molecule has 1 heterocycles. The average Bonchev–Trinajstić information content (AvgIpc) is 3.22. The van der Waals surface area contributed by atoms with Crippen molar-refractivity contribution >= 4 is 17.7 Å². The molecule has 2 aliphatic rings. The number of hydrogen-bond acceptors (Lipinski definition) is 3. The van der Waals surface area contributed by atoms with Crippen molar-refractivity contribution in [2.45, 2.75) is 37.2 Å². The molecule has 1 aromatic rings. The second kappa shape index (κ2) is 5.08. The third kappa shape index (κ3) is 2.46. The Balaban J connectivity index is 1.83. The van der Waals surface area contributed by atoms with E-state index in [-0.39, 0.29) is 6.10 Å². The van der Waals surface area contributed by atoms with Crippen LogP contribution in [0.15, 0.2) is 24.3 Å². The fourth-order valence-electron chi connectivity index (χ4n) is 2.67. The summed E-state index contributed by atoms with van der Waals surface area (Å²) >= 11 is 1.92. The van der Waals surface area contributed by atoms with E-state index >= 15 is 0 Å². The molecule has 1 aliphatic heterocycles. The second-order valence-corrected chi connectivity index (χ2v) is 6.49. The molecule has 1 saturated carbocycles. The summed E-state index contributed by atoms with van der Waals surface area (Å²) in [5, 5.41) is 9.43. The molecule has 2 fully saturated rings. The number of hydrogen-bond donors (Lipinski definition) is 1. The van der Waals surface area contributed by atoms with Gasteiger partial charge in [-0.3, -0.25) is 4.79 Å². The predicted octanol–water partition coefficient (Wildman–Crippen LogP) is 3.08. The number of carboxylic acids is 1. The number of benzene rings is 1. The Bertz CT molecular complexity index is 476. The first-order valence-electron chi connectivity index (χ1n) is 6.80. The number of aliphatic carboxylic acids is 1. The Hall–Kier alpha value is -1.16. The van der Waals surface area contributed by atoms with Gasteiger partial charge in [0.15, 0.2) is 0 Å². The summed E-state index contributed by atoms with van der Waals surface area (Å²) in [6, 6.07) is 7.65. The minimum atomic E-state index is -0.721. The van der Waals surface area contributed by atoms with E-state index in [1.807, 2.05) is 36.0 Å². The van der Waals surface area contributed by atoms with Gasteiger partial charge in [0, 0.05) is 11.3 Å². The predicted molar refractivity (Wildman–Crippen MR) is 76.0 cm³/mol. The molecule has 1 saturated heterocycles. The lowest BCUT2D eigenvalue weighted by molar-refractivity contribution is -0.140. The minimum Gasteiger partial charge on any atom is -0.489 e. The molecule has 1 aromatic carbocycles. The normalized spacial score (nSPS) is 24.7. The van der Waals surface area contributed by atoms with Crippen LogP contribution >= 0.6 is 11.8 Å². The summed E-state index contributed by atoms with van der Waals surface area (Å²) in [6.07, 6.45) is 3.93. The Morgan fingerprint density at radius 3 is 2.79 bits per heavy atom. The molecule has 1 N–H and O–H groups in total. The quantitative estimate of drug-likeness (QED) is 0.919. The molecule has 0 spiro atoms. The van der Waals surface area contributed by atoms with Crippen LogP contribution in [0.5, 0.6) is 5.75 Å². The smallest absolute Gasteiger partial charge is 0.314 e. The zero-order valence-corrected chi connectivity index (χ0v) is 11.6. The molecule has 0 radical (unpaired) electrons. The van der Waals surface area contributed by atoms with Crippen LogP contribution in [0, 0.1) is 0 Å². The largest absolute Gasteiger partial charge is 0.489 e. The minimum absolute atomic E-state index is 0.226. The molecule has 1 aliphatic carbocycles. The Morgan fingerprint density at radius 1 is 1.37 bits per heavy atom. The van der Waals surface area contributed by atoms with Gasteiger partial charge < -0.3 is 9.84 Å². The van der Waals surface area contributed by atoms with Crippen LogP contribution in [0.25, 0.3) is 0 Å². The number of para-hydroxylation sites is 1. The summed E-state index contributed by atoms with van der Waals surface area (Å²) in [6.45, 7) is 0. The second-order valence-electron chi connectivity index (χ2n) is 5.34. The molecule has 0 bridgehead atoms. The van der Waals surface area contributed by atoms with Crippen molar-refractivity contribution in [2.75, 3.05) is 11.5 Å². The van der Waals surface area contributed by atoms with Crippen molar-refractivity contribution in [3.63, 3.8) is 0 Å². The van der Waals surface area contributed by atoms with Crippen LogP contribution in [0.2, 0.25) is 0 Å². The van der Waals surface area contributed by atoms with Crippen molar-refractivity contribution in [3.05, 3.63) is 29.8 Å². The van der Waals surface area contributed by atoms with Gasteiger partial charge >= 0.3 is 5.97 Å². The van der Waals surface area contributed by atoms with Crippen LogP contribution < -0.4 is 4.74 Å². The van der Waals surface area contributed by atoms with E-state index in [9.17, 15) is 9.90 Å². The molecule has 4 heteroatoms. The molecular weight excluding hydrogens is 260 g/mol. The van der Waals surface area contributed by atoms with Gasteiger partial charge in [0.1, 0.15) is 11.9 Å². The highest BCUT2D eigenvalue weighted by molar-refractivity contribution is 7.99. The third-order valence-corrected chi connectivity index (χ3v) is 5.16. The van der Waals surface area contributed by atoms with Crippen molar-refractivity contribution < 1.29 is 14.6 Å². The van der Waals surface area contributed by atoms with Crippen LogP contribution in [0.4, 0.5) is 0 Å². The molecular formula is C15H18O3S. The van der Waals surface area contributed by atoms with E-state index < -0.39 is 11.4 Å². The summed E-state index contributed by atoms with van der Waals surface area (Å²) in [5.41, 5.74) is 0.177. The summed E-state index contributed by atoms with van der Waals surface area (Å²) in [4.78, 5) is 11.5. The summed E-state index contributed by atoms with van der Waals surface area (Å²) < 4.78 is 6.08. The van der Waals surface area contributed by atoms with Gasteiger partial charge in [0.2, 0.25) is 0 Å². The molecule has 1 unspecified atom stereocenters. The standard InChI is InChI=1S/C15H18O3S/c16-14(17)15(7-8-15)12-5-1-2-6-13(12)18-11-4-3-9-19-10-11/h1-2,5-6,11H,3-4,7-10H2,(H,16,17). The van der Waals surface area contributed by atoms with E-state index in [1.165, 1.54) is 12.2 Å². The van der Waals surface area contributed by atoms with Gasteiger partial charge in [0.25, 0.3) is 0 Å². The van der Waals surface area contributed by atoms with E-state index in [4.69, 9.17) is 4.74 Å². The first-order valence-corrected chi connectivity index (χ1v) is 7.95. The topological polar surface area (TPSA) is 46.5 Å². The molecule has 0 aromatic heterocycles. The SMILES string of the molecule is O=C(O)C1(c2ccccc2OC2CCCSC2)CC1. The number of thioether (sulfide) groups is 1. The molecule has 3 rings (SSSR count). The lowest BCUT2D eigenvalue weighted by Gasteiger charge is -2.25. The summed E-state index contributed by atoms with van der Waals surface area (Å²) in [5.74, 6) is 2.27. The van der Waals surface area contributed by atoms with Gasteiger partial charge in [-0.2, -0.15) is 11.8 Å². The number of ether oxygens (including phenoxy) is 1. The first kappa shape index (κ1) is 12.9. The van der Waals surface area contributed by atoms with E-state index in [2.05, 4.69) is 0 Å². The van der Waals surface area contributed by atoms with E-state index in [0.717, 1.165) is 36.3 Å². The Labute approximate surface area is 117 Å². The van der Waals surface area contributed by atoms with Crippen molar-refractivity contribution in [2.24, 2.45) is 0 Å². The van der Waals surface area contributed by atoms with Gasteiger partial charge in [-0.05, 0) is 37.5 Å². The van der Waals surface area contributed by atoms with Gasteiger partial charge in [-0.1, -0.05) is 18.2 Å². The van der Waals surface area contributed by atoms with E-state index in [0.29, 0.717) is 0 Å². The maximum absolute atomic E-state index is 11.5. The van der Waals surface area contributed by atoms with E-state index in [1.54, 1.807) is 0 Å². The number of rotatable bonds is 4. The van der Waals surface area contributed by atoms with Crippen LogP contribution in [0.1, 0.15) is 31.2 Å². The third-order valence-electron chi connectivity index (χ3n) is 3.97. The fourth-order valence-corrected chi connectivity index (χ4v) is 3.71. The maximum Gasteiger partial charge on any atom is 0.314 e. The van der Waals surface area contributed by atoms with Crippen molar-refractivity contribution in [1.82, 2.24) is 0 Å². The van der Waals surface area contributed by atoms with Crippen molar-refractivity contribution in [3.8, 4) is 5.75 Å². The molecule has 3 nitrogen and oxygen atoms in total. The molecule has 0 amide bonds. The first-order chi connectivity index (χ1) is 9.22. The highest BCUT2D eigenvalue weighted by Crippen LogP contribution is 2.51. The average molecular weight is 278 g/mol. The zero-order valence-electron chi connectivity index (χ0n) is 10.8. The lowest BCUT2D eigenvalue weighted by atomic mass is 9.95. The molecule has 102 valence electrons. The van der Waals surface area contributed by atoms with Gasteiger partial charge in [-0.25, -0.2) is 0 Å². The lowest BCUT2D eigenvalue weighted by Crippen LogP contribution is -2.26. The Kier molecular flexibility index (Phi) is 3.44. The van der Waals surface area contributed by atoms with Crippen molar-refractivity contribution in [1.29, 1.82) is 0 Å². The van der Waals surface area contributed by atoms with Crippen LogP contribution in [-0.2, 0) is 10.2 Å². The maximum atomic E-state index is 11.5. The van der Waals surface area contributed by atoms with Gasteiger partial charge in [0.05, 0.1) is 5.41 Å². The number of carbonyl (C=O) groups is 1. The number of carboxylic acid groups (broad SMARTS) is 1. The van der Waals surface area contributed by atoms with Crippen LogP contribution in [-0.4, -0.2) is 28.7 Å². The highest BCUT2D eigenvalue weighted by Gasteiger charge is 2.53. The fraction of sp³-hybridized carbons (Fsp3) is 0.533. The molecule has 1 atom stereocenters. The monoisotopic (exact) mass is 278 g/mol.